The zero-order chi connectivity index (χ0) is 18.0. The van der Waals surface area contributed by atoms with Crippen molar-refractivity contribution in [2.24, 2.45) is 0 Å². The number of thiazole rings is 1. The van der Waals surface area contributed by atoms with Gasteiger partial charge in [-0.05, 0) is 30.5 Å². The summed E-state index contributed by atoms with van der Waals surface area (Å²) in [6.07, 6.45) is 3.24. The van der Waals surface area contributed by atoms with E-state index in [0.717, 1.165) is 24.8 Å². The van der Waals surface area contributed by atoms with Gasteiger partial charge in [-0.1, -0.05) is 25.5 Å². The van der Waals surface area contributed by atoms with Crippen molar-refractivity contribution >= 4 is 34.0 Å². The largest absolute Gasteiger partial charge is 0.476 e. The van der Waals surface area contributed by atoms with Crippen molar-refractivity contribution in [3.63, 3.8) is 0 Å². The summed E-state index contributed by atoms with van der Waals surface area (Å²) in [5.41, 5.74) is 7.63. The Labute approximate surface area is 150 Å². The van der Waals surface area contributed by atoms with Gasteiger partial charge in [-0.2, -0.15) is 0 Å². The maximum absolute atomic E-state index is 12.6. The predicted molar refractivity (Wildman–Crippen MR) is 98.1 cm³/mol. The number of nitrogens with zero attached hydrogens (tertiary/aromatic N) is 2. The van der Waals surface area contributed by atoms with Crippen molar-refractivity contribution in [2.75, 3.05) is 10.6 Å². The summed E-state index contributed by atoms with van der Waals surface area (Å²) >= 11 is 1.21. The van der Waals surface area contributed by atoms with Crippen LogP contribution in [-0.2, 0) is 4.79 Å². The van der Waals surface area contributed by atoms with Crippen LogP contribution in [0.2, 0.25) is 0 Å². The highest BCUT2D eigenvalue weighted by molar-refractivity contribution is 7.14. The second kappa shape index (κ2) is 7.23. The molecule has 132 valence electrons. The molecule has 2 unspecified atom stereocenters. The van der Waals surface area contributed by atoms with E-state index in [0.29, 0.717) is 17.2 Å². The SMILES string of the molecule is CCC(=O)N(c1nc(C(=O)O)cs1)C1CCCC1c1ccc(N)cc1. The van der Waals surface area contributed by atoms with E-state index in [2.05, 4.69) is 4.98 Å². The number of nitrogen functional groups attached to an aromatic ring is 1. The number of anilines is 2. The number of carbonyl (C=O) groups excluding carboxylic acids is 1. The number of hydrogen-bond acceptors (Lipinski definition) is 5. The molecule has 1 aromatic heterocycles. The fourth-order valence-electron chi connectivity index (χ4n) is 3.46. The van der Waals surface area contributed by atoms with Crippen molar-refractivity contribution < 1.29 is 14.7 Å². The summed E-state index contributed by atoms with van der Waals surface area (Å²) in [7, 11) is 0. The fourth-order valence-corrected chi connectivity index (χ4v) is 4.33. The van der Waals surface area contributed by atoms with Crippen LogP contribution in [0.5, 0.6) is 0 Å². The molecule has 1 amide bonds. The number of hydrogen-bond donors (Lipinski definition) is 2. The van der Waals surface area contributed by atoms with Gasteiger partial charge in [0, 0.05) is 29.4 Å². The van der Waals surface area contributed by atoms with Crippen LogP contribution in [0.15, 0.2) is 29.6 Å². The maximum atomic E-state index is 12.6. The molecule has 7 heteroatoms. The van der Waals surface area contributed by atoms with Crippen molar-refractivity contribution in [1.82, 2.24) is 4.98 Å². The first-order chi connectivity index (χ1) is 12.0. The highest BCUT2D eigenvalue weighted by Gasteiger charge is 2.37. The van der Waals surface area contributed by atoms with E-state index in [-0.39, 0.29) is 23.6 Å². The van der Waals surface area contributed by atoms with E-state index in [1.165, 1.54) is 16.7 Å². The average Bonchev–Trinajstić information content (AvgIpc) is 3.26. The molecule has 25 heavy (non-hydrogen) atoms. The summed E-state index contributed by atoms with van der Waals surface area (Å²) in [6.45, 7) is 1.81. The van der Waals surface area contributed by atoms with Crippen molar-refractivity contribution in [1.29, 1.82) is 0 Å². The van der Waals surface area contributed by atoms with E-state index in [9.17, 15) is 9.59 Å². The first-order valence-electron chi connectivity index (χ1n) is 8.37. The zero-order valence-corrected chi connectivity index (χ0v) is 14.8. The third-order valence-corrected chi connectivity index (χ3v) is 5.50. The van der Waals surface area contributed by atoms with E-state index >= 15 is 0 Å². The lowest BCUT2D eigenvalue weighted by Crippen LogP contribution is -2.41. The smallest absolute Gasteiger partial charge is 0.355 e. The lowest BCUT2D eigenvalue weighted by Gasteiger charge is -2.31. The van der Waals surface area contributed by atoms with Crippen LogP contribution in [0.1, 0.15) is 54.6 Å². The molecular formula is C18H21N3O3S. The van der Waals surface area contributed by atoms with Crippen LogP contribution in [0.4, 0.5) is 10.8 Å². The molecule has 0 radical (unpaired) electrons. The van der Waals surface area contributed by atoms with Gasteiger partial charge in [0.15, 0.2) is 10.8 Å². The fraction of sp³-hybridized carbons (Fsp3) is 0.389. The summed E-state index contributed by atoms with van der Waals surface area (Å²) in [5.74, 6) is -0.903. The number of aromatic nitrogens is 1. The average molecular weight is 359 g/mol. The highest BCUT2D eigenvalue weighted by Crippen LogP contribution is 2.40. The van der Waals surface area contributed by atoms with Crippen LogP contribution in [-0.4, -0.2) is 28.0 Å². The van der Waals surface area contributed by atoms with Gasteiger partial charge < -0.3 is 10.8 Å². The molecule has 0 saturated heterocycles. The third kappa shape index (κ3) is 3.51. The van der Waals surface area contributed by atoms with Gasteiger partial charge in [0.05, 0.1) is 0 Å². The molecule has 6 nitrogen and oxygen atoms in total. The third-order valence-electron chi connectivity index (χ3n) is 4.66. The van der Waals surface area contributed by atoms with E-state index in [1.54, 1.807) is 4.90 Å². The second-order valence-electron chi connectivity index (χ2n) is 6.21. The number of carbonyl (C=O) groups is 2. The van der Waals surface area contributed by atoms with E-state index in [4.69, 9.17) is 10.8 Å². The summed E-state index contributed by atoms with van der Waals surface area (Å²) < 4.78 is 0. The highest BCUT2D eigenvalue weighted by atomic mass is 32.1. The van der Waals surface area contributed by atoms with Gasteiger partial charge in [-0.25, -0.2) is 9.78 Å². The minimum absolute atomic E-state index is 0.0103. The predicted octanol–water partition coefficient (Wildman–Crippen LogP) is 3.50. The van der Waals surface area contributed by atoms with Crippen molar-refractivity contribution in [3.05, 3.63) is 40.9 Å². The summed E-state index contributed by atoms with van der Waals surface area (Å²) in [6, 6.07) is 7.77. The standard InChI is InChI=1S/C18H21N3O3S/c1-2-16(22)21(18-20-14(10-25-18)17(23)24)15-5-3-4-13(15)11-6-8-12(19)9-7-11/h6-10,13,15H,2-5,19H2,1H3,(H,23,24). The Balaban J connectivity index is 1.95. The first-order valence-corrected chi connectivity index (χ1v) is 9.25. The Morgan fingerprint density at radius 1 is 1.32 bits per heavy atom. The van der Waals surface area contributed by atoms with Crippen LogP contribution in [0.25, 0.3) is 0 Å². The summed E-state index contributed by atoms with van der Waals surface area (Å²) in [5, 5.41) is 11.1. The number of carboxylic acids is 1. The van der Waals surface area contributed by atoms with Gasteiger partial charge in [-0.3, -0.25) is 9.69 Å². The molecule has 3 rings (SSSR count). The van der Waals surface area contributed by atoms with Gasteiger partial charge in [0.25, 0.3) is 0 Å². The van der Waals surface area contributed by atoms with Crippen LogP contribution in [0, 0.1) is 0 Å². The Morgan fingerprint density at radius 3 is 2.64 bits per heavy atom. The Morgan fingerprint density at radius 2 is 2.04 bits per heavy atom. The molecule has 2 aromatic rings. The summed E-state index contributed by atoms with van der Waals surface area (Å²) in [4.78, 5) is 29.7. The van der Waals surface area contributed by atoms with Gasteiger partial charge in [-0.15, -0.1) is 11.3 Å². The molecule has 1 aliphatic rings. The van der Waals surface area contributed by atoms with Crippen LogP contribution < -0.4 is 10.6 Å². The molecule has 0 spiro atoms. The minimum Gasteiger partial charge on any atom is -0.476 e. The minimum atomic E-state index is -1.08. The number of aromatic carboxylic acids is 1. The van der Waals surface area contributed by atoms with Crippen molar-refractivity contribution in [2.45, 2.75) is 44.6 Å². The molecule has 1 fully saturated rings. The Bertz CT molecular complexity index is 772. The molecule has 0 aliphatic heterocycles. The number of rotatable bonds is 5. The van der Waals surface area contributed by atoms with Crippen LogP contribution in [0.3, 0.4) is 0 Å². The molecule has 0 bridgehead atoms. The lowest BCUT2D eigenvalue weighted by atomic mass is 9.93. The Hall–Kier alpha value is -2.41. The quantitative estimate of drug-likeness (QED) is 0.797. The Kier molecular flexibility index (Phi) is 5.03. The van der Waals surface area contributed by atoms with Crippen molar-refractivity contribution in [3.8, 4) is 0 Å². The monoisotopic (exact) mass is 359 g/mol. The molecular weight excluding hydrogens is 338 g/mol. The number of amides is 1. The molecule has 1 saturated carbocycles. The van der Waals surface area contributed by atoms with Gasteiger partial charge in [0.1, 0.15) is 0 Å². The maximum Gasteiger partial charge on any atom is 0.355 e. The number of benzene rings is 1. The lowest BCUT2D eigenvalue weighted by molar-refractivity contribution is -0.118. The normalized spacial score (nSPS) is 19.7. The molecule has 2 atom stereocenters. The van der Waals surface area contributed by atoms with E-state index in [1.807, 2.05) is 31.2 Å². The molecule has 1 heterocycles. The zero-order valence-electron chi connectivity index (χ0n) is 14.0. The second-order valence-corrected chi connectivity index (χ2v) is 7.05. The van der Waals surface area contributed by atoms with Crippen LogP contribution >= 0.6 is 11.3 Å². The first kappa shape index (κ1) is 17.4. The van der Waals surface area contributed by atoms with E-state index < -0.39 is 5.97 Å². The topological polar surface area (TPSA) is 96.5 Å². The van der Waals surface area contributed by atoms with Gasteiger partial charge in [0.2, 0.25) is 5.91 Å². The molecule has 1 aliphatic carbocycles. The number of carboxylic acid groups (broad SMARTS) is 1. The molecule has 3 N–H and O–H groups in total. The molecule has 1 aromatic carbocycles. The van der Waals surface area contributed by atoms with Gasteiger partial charge >= 0.3 is 5.97 Å². The number of nitrogens with two attached hydrogens (primary N) is 1.